The summed E-state index contributed by atoms with van der Waals surface area (Å²) in [5.41, 5.74) is 2.99. The van der Waals surface area contributed by atoms with Crippen LogP contribution in [0.1, 0.15) is 37.3 Å². The molecule has 2 aromatic carbocycles. The highest BCUT2D eigenvalue weighted by Crippen LogP contribution is 2.29. The number of benzene rings is 2. The SMILES string of the molecule is CC(=O)Nc1ccc(OC(=O)C2CCN(S(=O)(=O)c3ccc4c(c3)CCC4)CC2)cc1. The highest BCUT2D eigenvalue weighted by atomic mass is 32.2. The number of hydrogen-bond donors (Lipinski definition) is 1. The van der Waals surface area contributed by atoms with Crippen molar-refractivity contribution in [2.75, 3.05) is 18.4 Å². The van der Waals surface area contributed by atoms with Crippen LogP contribution in [-0.4, -0.2) is 37.7 Å². The number of nitrogens with one attached hydrogen (secondary N) is 1. The fraction of sp³-hybridized carbons (Fsp3) is 0.391. The lowest BCUT2D eigenvalue weighted by molar-refractivity contribution is -0.140. The molecule has 0 bridgehead atoms. The molecule has 1 amide bonds. The molecule has 0 radical (unpaired) electrons. The molecule has 164 valence electrons. The molecule has 31 heavy (non-hydrogen) atoms. The Bertz CT molecular complexity index is 1090. The van der Waals surface area contributed by atoms with Crippen LogP contribution in [0.3, 0.4) is 0 Å². The van der Waals surface area contributed by atoms with E-state index in [4.69, 9.17) is 4.74 Å². The minimum atomic E-state index is -3.56. The number of carbonyl (C=O) groups is 2. The van der Waals surface area contributed by atoms with Crippen molar-refractivity contribution in [3.05, 3.63) is 53.6 Å². The third-order valence-electron chi connectivity index (χ3n) is 5.89. The Kier molecular flexibility index (Phi) is 6.11. The highest BCUT2D eigenvalue weighted by molar-refractivity contribution is 7.89. The lowest BCUT2D eigenvalue weighted by Gasteiger charge is -2.30. The normalized spacial score (nSPS) is 17.2. The first-order valence-corrected chi connectivity index (χ1v) is 12.0. The summed E-state index contributed by atoms with van der Waals surface area (Å²) in [6, 6.07) is 12.0. The summed E-state index contributed by atoms with van der Waals surface area (Å²) in [6.07, 6.45) is 3.86. The average Bonchev–Trinajstić information content (AvgIpc) is 3.23. The highest BCUT2D eigenvalue weighted by Gasteiger charge is 2.33. The summed E-state index contributed by atoms with van der Waals surface area (Å²) in [6.45, 7) is 2.01. The largest absolute Gasteiger partial charge is 0.426 e. The molecule has 1 saturated heterocycles. The van der Waals surface area contributed by atoms with Crippen LogP contribution in [0, 0.1) is 5.92 Å². The van der Waals surface area contributed by atoms with Gasteiger partial charge in [-0.25, -0.2) is 8.42 Å². The number of amides is 1. The number of fused-ring (bicyclic) bond motifs is 1. The lowest BCUT2D eigenvalue weighted by atomic mass is 9.98. The predicted octanol–water partition coefficient (Wildman–Crippen LogP) is 3.14. The number of aryl methyl sites for hydroxylation is 2. The van der Waals surface area contributed by atoms with Gasteiger partial charge in [0.1, 0.15) is 5.75 Å². The molecular weight excluding hydrogens is 416 g/mol. The maximum atomic E-state index is 13.0. The standard InChI is InChI=1S/C23H26N2O5S/c1-16(26)24-20-6-8-21(9-7-20)30-23(27)18-11-13-25(14-12-18)31(28,29)22-10-5-17-3-2-4-19(17)15-22/h5-10,15,18H,2-4,11-14H2,1H3,(H,24,26). The summed E-state index contributed by atoms with van der Waals surface area (Å²) in [7, 11) is -3.56. The summed E-state index contributed by atoms with van der Waals surface area (Å²) >= 11 is 0. The zero-order valence-electron chi connectivity index (χ0n) is 17.5. The van der Waals surface area contributed by atoms with Crippen LogP contribution in [-0.2, 0) is 32.5 Å². The minimum Gasteiger partial charge on any atom is -0.426 e. The molecule has 0 aromatic heterocycles. The number of esters is 1. The van der Waals surface area contributed by atoms with Gasteiger partial charge in [-0.15, -0.1) is 0 Å². The van der Waals surface area contributed by atoms with Crippen LogP contribution in [0.15, 0.2) is 47.4 Å². The van der Waals surface area contributed by atoms with E-state index in [1.54, 1.807) is 30.3 Å². The van der Waals surface area contributed by atoms with E-state index in [-0.39, 0.29) is 17.8 Å². The van der Waals surface area contributed by atoms with Crippen molar-refractivity contribution >= 4 is 27.6 Å². The molecule has 2 aromatic rings. The van der Waals surface area contributed by atoms with Crippen LogP contribution in [0.25, 0.3) is 0 Å². The van der Waals surface area contributed by atoms with E-state index in [1.807, 2.05) is 12.1 Å². The molecule has 0 atom stereocenters. The van der Waals surface area contributed by atoms with Crippen LogP contribution < -0.4 is 10.1 Å². The van der Waals surface area contributed by atoms with Gasteiger partial charge in [-0.1, -0.05) is 6.07 Å². The fourth-order valence-electron chi connectivity index (χ4n) is 4.20. The lowest BCUT2D eigenvalue weighted by Crippen LogP contribution is -2.41. The van der Waals surface area contributed by atoms with Crippen LogP contribution in [0.4, 0.5) is 5.69 Å². The zero-order chi connectivity index (χ0) is 22.0. The number of ether oxygens (including phenoxy) is 1. The number of hydrogen-bond acceptors (Lipinski definition) is 5. The molecular formula is C23H26N2O5S. The first-order valence-electron chi connectivity index (χ1n) is 10.5. The van der Waals surface area contributed by atoms with E-state index in [0.717, 1.165) is 24.8 Å². The first-order chi connectivity index (χ1) is 14.8. The summed E-state index contributed by atoms with van der Waals surface area (Å²) in [5.74, 6) is -0.484. The molecule has 1 heterocycles. The fourth-order valence-corrected chi connectivity index (χ4v) is 5.72. The Morgan fingerprint density at radius 1 is 1.00 bits per heavy atom. The molecule has 1 aliphatic heterocycles. The maximum Gasteiger partial charge on any atom is 0.314 e. The molecule has 1 N–H and O–H groups in total. The summed E-state index contributed by atoms with van der Waals surface area (Å²) in [5, 5.41) is 2.65. The number of piperidine rings is 1. The zero-order valence-corrected chi connectivity index (χ0v) is 18.3. The van der Waals surface area contributed by atoms with E-state index < -0.39 is 10.0 Å². The second kappa shape index (κ2) is 8.80. The first kappa shape index (κ1) is 21.5. The molecule has 0 saturated carbocycles. The number of sulfonamides is 1. The predicted molar refractivity (Wildman–Crippen MR) is 116 cm³/mol. The van der Waals surface area contributed by atoms with E-state index >= 15 is 0 Å². The van der Waals surface area contributed by atoms with E-state index in [1.165, 1.54) is 16.8 Å². The average molecular weight is 443 g/mol. The van der Waals surface area contributed by atoms with Gasteiger partial charge in [0.05, 0.1) is 10.8 Å². The van der Waals surface area contributed by atoms with Gasteiger partial charge in [0.2, 0.25) is 15.9 Å². The Hall–Kier alpha value is -2.71. The molecule has 0 spiro atoms. The van der Waals surface area contributed by atoms with E-state index in [0.29, 0.717) is 42.3 Å². The molecule has 1 aliphatic carbocycles. The second-order valence-electron chi connectivity index (χ2n) is 8.09. The molecule has 1 fully saturated rings. The van der Waals surface area contributed by atoms with Gasteiger partial charge in [-0.3, -0.25) is 9.59 Å². The minimum absolute atomic E-state index is 0.175. The Balaban J connectivity index is 1.34. The van der Waals surface area contributed by atoms with Crippen molar-refractivity contribution in [1.29, 1.82) is 0 Å². The van der Waals surface area contributed by atoms with Crippen molar-refractivity contribution in [3.8, 4) is 5.75 Å². The molecule has 0 unspecified atom stereocenters. The molecule has 7 nitrogen and oxygen atoms in total. The summed E-state index contributed by atoms with van der Waals surface area (Å²) < 4.78 is 33.0. The van der Waals surface area contributed by atoms with Crippen molar-refractivity contribution in [2.45, 2.75) is 43.9 Å². The van der Waals surface area contributed by atoms with Gasteiger partial charge < -0.3 is 10.1 Å². The Morgan fingerprint density at radius 2 is 1.68 bits per heavy atom. The van der Waals surface area contributed by atoms with Gasteiger partial charge >= 0.3 is 5.97 Å². The van der Waals surface area contributed by atoms with Gasteiger partial charge in [0.25, 0.3) is 0 Å². The monoisotopic (exact) mass is 442 g/mol. The molecule has 4 rings (SSSR count). The van der Waals surface area contributed by atoms with Crippen molar-refractivity contribution < 1.29 is 22.7 Å². The van der Waals surface area contributed by atoms with Crippen molar-refractivity contribution in [2.24, 2.45) is 5.92 Å². The summed E-state index contributed by atoms with van der Waals surface area (Å²) in [4.78, 5) is 23.9. The van der Waals surface area contributed by atoms with Crippen LogP contribution in [0.5, 0.6) is 5.75 Å². The third-order valence-corrected chi connectivity index (χ3v) is 7.78. The van der Waals surface area contributed by atoms with E-state index in [2.05, 4.69) is 5.32 Å². The number of nitrogens with zero attached hydrogens (tertiary/aromatic N) is 1. The topological polar surface area (TPSA) is 92.8 Å². The smallest absolute Gasteiger partial charge is 0.314 e. The van der Waals surface area contributed by atoms with Crippen molar-refractivity contribution in [1.82, 2.24) is 4.31 Å². The third kappa shape index (κ3) is 4.80. The van der Waals surface area contributed by atoms with Gasteiger partial charge in [0.15, 0.2) is 0 Å². The Labute approximate surface area is 182 Å². The van der Waals surface area contributed by atoms with E-state index in [9.17, 15) is 18.0 Å². The van der Waals surface area contributed by atoms with Crippen LogP contribution in [0.2, 0.25) is 0 Å². The molecule has 8 heteroatoms. The van der Waals surface area contributed by atoms with Gasteiger partial charge in [-0.2, -0.15) is 4.31 Å². The quantitative estimate of drug-likeness (QED) is 0.567. The Morgan fingerprint density at radius 3 is 2.35 bits per heavy atom. The van der Waals surface area contributed by atoms with Gasteiger partial charge in [-0.05, 0) is 79.6 Å². The van der Waals surface area contributed by atoms with Crippen molar-refractivity contribution in [3.63, 3.8) is 0 Å². The number of rotatable bonds is 5. The second-order valence-corrected chi connectivity index (χ2v) is 10.0. The molecule has 2 aliphatic rings. The van der Waals surface area contributed by atoms with Crippen LogP contribution >= 0.6 is 0 Å². The van der Waals surface area contributed by atoms with Gasteiger partial charge in [0, 0.05) is 25.7 Å². The number of anilines is 1. The number of carbonyl (C=O) groups excluding carboxylic acids is 2. The maximum absolute atomic E-state index is 13.0.